The van der Waals surface area contributed by atoms with E-state index in [0.717, 1.165) is 17.1 Å². The lowest BCUT2D eigenvalue weighted by Gasteiger charge is -2.07. The number of benzene rings is 2. The van der Waals surface area contributed by atoms with Crippen LogP contribution in [0.4, 0.5) is 0 Å². The van der Waals surface area contributed by atoms with Gasteiger partial charge in [-0.25, -0.2) is 0 Å². The molecule has 0 radical (unpaired) electrons. The van der Waals surface area contributed by atoms with Gasteiger partial charge >= 0.3 is 0 Å². The number of rotatable bonds is 4. The highest BCUT2D eigenvalue weighted by molar-refractivity contribution is 6.35. The molecule has 0 heterocycles. The van der Waals surface area contributed by atoms with Gasteiger partial charge in [-0.15, -0.1) is 0 Å². The van der Waals surface area contributed by atoms with Crippen LogP contribution in [0, 0.1) is 5.92 Å². The van der Waals surface area contributed by atoms with E-state index in [2.05, 4.69) is 42.6 Å². The van der Waals surface area contributed by atoms with Crippen molar-refractivity contribution in [1.82, 2.24) is 5.32 Å². The van der Waals surface area contributed by atoms with E-state index >= 15 is 0 Å². The molecule has 1 aliphatic carbocycles. The van der Waals surface area contributed by atoms with Crippen LogP contribution in [0.1, 0.15) is 24.0 Å². The summed E-state index contributed by atoms with van der Waals surface area (Å²) in [6, 6.07) is 16.9. The van der Waals surface area contributed by atoms with Crippen molar-refractivity contribution in [3.63, 3.8) is 0 Å². The molecule has 20 heavy (non-hydrogen) atoms. The Balaban J connectivity index is 1.63. The summed E-state index contributed by atoms with van der Waals surface area (Å²) in [5.74, 6) is 1.28. The molecule has 1 aliphatic rings. The standard InChI is InChI=1S/C17H17Cl2N/c1-11-16(12-5-3-2-4-6-12)17(11)20-10-13-7-8-14(18)9-15(13)19/h2-9,11,16-17,20H,10H2,1H3/t11-,16+,17-/m0/s1. The van der Waals surface area contributed by atoms with Crippen molar-refractivity contribution in [2.75, 3.05) is 0 Å². The zero-order valence-corrected chi connectivity index (χ0v) is 12.8. The van der Waals surface area contributed by atoms with Gasteiger partial charge in [-0.3, -0.25) is 0 Å². The van der Waals surface area contributed by atoms with Crippen molar-refractivity contribution in [2.45, 2.75) is 25.4 Å². The van der Waals surface area contributed by atoms with Gasteiger partial charge in [-0.1, -0.05) is 66.5 Å². The topological polar surface area (TPSA) is 12.0 Å². The largest absolute Gasteiger partial charge is 0.309 e. The number of halogens is 2. The van der Waals surface area contributed by atoms with Gasteiger partial charge in [0.15, 0.2) is 0 Å². The zero-order chi connectivity index (χ0) is 14.1. The molecule has 0 aromatic heterocycles. The number of hydrogen-bond donors (Lipinski definition) is 1. The van der Waals surface area contributed by atoms with Crippen molar-refractivity contribution in [1.29, 1.82) is 0 Å². The molecule has 0 saturated heterocycles. The van der Waals surface area contributed by atoms with E-state index in [1.165, 1.54) is 5.56 Å². The Morgan fingerprint density at radius 1 is 1.05 bits per heavy atom. The third kappa shape index (κ3) is 2.85. The van der Waals surface area contributed by atoms with E-state index in [1.54, 1.807) is 6.07 Å². The number of nitrogens with one attached hydrogen (secondary N) is 1. The van der Waals surface area contributed by atoms with Crippen molar-refractivity contribution in [3.8, 4) is 0 Å². The van der Waals surface area contributed by atoms with Crippen LogP contribution in [0.25, 0.3) is 0 Å². The van der Waals surface area contributed by atoms with Crippen LogP contribution in [0.3, 0.4) is 0 Å². The minimum absolute atomic E-state index is 0.532. The maximum Gasteiger partial charge on any atom is 0.0465 e. The quantitative estimate of drug-likeness (QED) is 0.848. The lowest BCUT2D eigenvalue weighted by Crippen LogP contribution is -2.18. The second-order valence-corrected chi connectivity index (χ2v) is 6.28. The molecule has 0 amide bonds. The van der Waals surface area contributed by atoms with E-state index in [-0.39, 0.29) is 0 Å². The van der Waals surface area contributed by atoms with Crippen LogP contribution >= 0.6 is 23.2 Å². The summed E-state index contributed by atoms with van der Waals surface area (Å²) in [7, 11) is 0. The molecule has 0 aliphatic heterocycles. The fourth-order valence-electron chi connectivity index (χ4n) is 2.85. The fourth-order valence-corrected chi connectivity index (χ4v) is 3.33. The predicted octanol–water partition coefficient (Wildman–Crippen LogP) is 4.89. The monoisotopic (exact) mass is 305 g/mol. The van der Waals surface area contributed by atoms with Gasteiger partial charge in [0.25, 0.3) is 0 Å². The molecule has 1 N–H and O–H groups in total. The molecule has 0 unspecified atom stereocenters. The van der Waals surface area contributed by atoms with Gasteiger partial charge in [-0.2, -0.15) is 0 Å². The highest BCUT2D eigenvalue weighted by Crippen LogP contribution is 2.47. The van der Waals surface area contributed by atoms with E-state index in [9.17, 15) is 0 Å². The van der Waals surface area contributed by atoms with Crippen LogP contribution in [0.15, 0.2) is 48.5 Å². The van der Waals surface area contributed by atoms with Crippen LogP contribution in [-0.4, -0.2) is 6.04 Å². The molecular weight excluding hydrogens is 289 g/mol. The minimum Gasteiger partial charge on any atom is -0.309 e. The Bertz CT molecular complexity index is 597. The fraction of sp³-hybridized carbons (Fsp3) is 0.294. The summed E-state index contributed by atoms with van der Waals surface area (Å²) in [5, 5.41) is 5.02. The average Bonchev–Trinajstić information content (AvgIpc) is 3.09. The van der Waals surface area contributed by atoms with Crippen LogP contribution in [0.5, 0.6) is 0 Å². The summed E-state index contributed by atoms with van der Waals surface area (Å²) >= 11 is 12.1. The molecule has 1 saturated carbocycles. The second kappa shape index (κ2) is 5.77. The second-order valence-electron chi connectivity index (χ2n) is 5.44. The smallest absolute Gasteiger partial charge is 0.0465 e. The van der Waals surface area contributed by atoms with E-state index in [1.807, 2.05) is 12.1 Å². The Morgan fingerprint density at radius 2 is 1.80 bits per heavy atom. The molecule has 3 atom stereocenters. The first kappa shape index (κ1) is 13.9. The lowest BCUT2D eigenvalue weighted by molar-refractivity contribution is 0.648. The normalized spacial score (nSPS) is 24.6. The Hall–Kier alpha value is -1.02. The van der Waals surface area contributed by atoms with Crippen molar-refractivity contribution in [3.05, 3.63) is 69.7 Å². The highest BCUT2D eigenvalue weighted by Gasteiger charge is 2.46. The van der Waals surface area contributed by atoms with E-state index < -0.39 is 0 Å². The SMILES string of the molecule is C[C@@H]1[C@H](NCc2ccc(Cl)cc2Cl)[C@H]1c1ccccc1. The van der Waals surface area contributed by atoms with Crippen molar-refractivity contribution in [2.24, 2.45) is 5.92 Å². The van der Waals surface area contributed by atoms with Crippen LogP contribution in [0.2, 0.25) is 10.0 Å². The molecule has 104 valence electrons. The Morgan fingerprint density at radius 3 is 2.50 bits per heavy atom. The number of hydrogen-bond acceptors (Lipinski definition) is 1. The molecule has 2 aromatic rings. The molecule has 3 rings (SSSR count). The zero-order valence-electron chi connectivity index (χ0n) is 11.3. The molecule has 0 spiro atoms. The molecule has 0 bridgehead atoms. The molecule has 1 nitrogen and oxygen atoms in total. The first-order valence-electron chi connectivity index (χ1n) is 6.89. The minimum atomic E-state index is 0.532. The third-order valence-corrected chi connectivity index (χ3v) is 4.69. The first-order valence-corrected chi connectivity index (χ1v) is 7.64. The van der Waals surface area contributed by atoms with Gasteiger partial charge in [-0.05, 0) is 29.2 Å². The van der Waals surface area contributed by atoms with Gasteiger partial charge in [0, 0.05) is 28.5 Å². The average molecular weight is 306 g/mol. The van der Waals surface area contributed by atoms with Crippen molar-refractivity contribution >= 4 is 23.2 Å². The Kier molecular flexibility index (Phi) is 4.02. The van der Waals surface area contributed by atoms with Crippen molar-refractivity contribution < 1.29 is 0 Å². The summed E-state index contributed by atoms with van der Waals surface area (Å²) < 4.78 is 0. The summed E-state index contributed by atoms with van der Waals surface area (Å²) in [5.41, 5.74) is 2.52. The molecule has 3 heteroatoms. The van der Waals surface area contributed by atoms with Gasteiger partial charge in [0.1, 0.15) is 0 Å². The Labute approximate surface area is 129 Å². The third-order valence-electron chi connectivity index (χ3n) is 4.11. The summed E-state index contributed by atoms with van der Waals surface area (Å²) in [6.45, 7) is 3.08. The summed E-state index contributed by atoms with van der Waals surface area (Å²) in [6.07, 6.45) is 0. The maximum absolute atomic E-state index is 6.20. The predicted molar refractivity (Wildman–Crippen MR) is 85.4 cm³/mol. The van der Waals surface area contributed by atoms with Crippen LogP contribution < -0.4 is 5.32 Å². The lowest BCUT2D eigenvalue weighted by atomic mass is 10.1. The summed E-state index contributed by atoms with van der Waals surface area (Å²) in [4.78, 5) is 0. The van der Waals surface area contributed by atoms with E-state index in [4.69, 9.17) is 23.2 Å². The van der Waals surface area contributed by atoms with E-state index in [0.29, 0.717) is 22.9 Å². The van der Waals surface area contributed by atoms with Gasteiger partial charge in [0.05, 0.1) is 0 Å². The molecular formula is C17H17Cl2N. The highest BCUT2D eigenvalue weighted by atomic mass is 35.5. The van der Waals surface area contributed by atoms with Gasteiger partial charge < -0.3 is 5.32 Å². The molecule has 1 fully saturated rings. The van der Waals surface area contributed by atoms with Gasteiger partial charge in [0.2, 0.25) is 0 Å². The molecule has 2 aromatic carbocycles. The first-order chi connectivity index (χ1) is 9.66. The van der Waals surface area contributed by atoms with Crippen LogP contribution in [-0.2, 0) is 6.54 Å². The maximum atomic E-state index is 6.20.